The van der Waals surface area contributed by atoms with Gasteiger partial charge in [0.05, 0.1) is 38.3 Å². The zero-order valence-electron chi connectivity index (χ0n) is 15.1. The summed E-state index contributed by atoms with van der Waals surface area (Å²) in [5, 5.41) is 0. The zero-order valence-corrected chi connectivity index (χ0v) is 15.1. The number of alkyl halides is 3. The average molecular weight is 366 g/mol. The van der Waals surface area contributed by atoms with Crippen LogP contribution in [0.25, 0.3) is 5.69 Å². The molecule has 0 bridgehead atoms. The summed E-state index contributed by atoms with van der Waals surface area (Å²) in [7, 11) is 3.42. The standard InChI is InChI=1S/C19H23F3N3O/c1-14-12-24(13-23-14)17-8-7-15(10-18(17)26-3)25(2)9-5-4-6-16(25)11-19(20,21)22/h4-5,7-8,10,12-13,16H,6,9,11H2,1-3H3/q+1. The van der Waals surface area contributed by atoms with Crippen LogP contribution in [0.4, 0.5) is 18.9 Å². The van der Waals surface area contributed by atoms with Gasteiger partial charge in [0.1, 0.15) is 24.0 Å². The number of hydrogen-bond donors (Lipinski definition) is 0. The molecule has 0 fully saturated rings. The molecule has 0 saturated heterocycles. The molecule has 1 aliphatic rings. The summed E-state index contributed by atoms with van der Waals surface area (Å²) >= 11 is 0. The van der Waals surface area contributed by atoms with Crippen LogP contribution in [0.5, 0.6) is 5.75 Å². The quantitative estimate of drug-likeness (QED) is 0.592. The molecule has 2 aromatic rings. The van der Waals surface area contributed by atoms with Crippen molar-refractivity contribution in [1.29, 1.82) is 0 Å². The molecule has 0 amide bonds. The van der Waals surface area contributed by atoms with Crippen LogP contribution < -0.4 is 9.22 Å². The first kappa shape index (κ1) is 18.5. The number of aryl methyl sites for hydroxylation is 1. The Balaban J connectivity index is 2.00. The van der Waals surface area contributed by atoms with Gasteiger partial charge in [-0.1, -0.05) is 6.08 Å². The van der Waals surface area contributed by atoms with Crippen LogP contribution in [0.2, 0.25) is 0 Å². The summed E-state index contributed by atoms with van der Waals surface area (Å²) < 4.78 is 46.8. The van der Waals surface area contributed by atoms with Gasteiger partial charge >= 0.3 is 6.18 Å². The van der Waals surface area contributed by atoms with Gasteiger partial charge in [0.25, 0.3) is 0 Å². The first-order valence-corrected chi connectivity index (χ1v) is 8.49. The molecule has 0 saturated carbocycles. The van der Waals surface area contributed by atoms with Crippen molar-refractivity contribution >= 4 is 5.69 Å². The van der Waals surface area contributed by atoms with E-state index < -0.39 is 18.6 Å². The van der Waals surface area contributed by atoms with Crippen LogP contribution in [-0.4, -0.2) is 42.5 Å². The number of halogens is 3. The van der Waals surface area contributed by atoms with E-state index in [1.54, 1.807) is 13.4 Å². The molecule has 3 rings (SSSR count). The van der Waals surface area contributed by atoms with E-state index in [9.17, 15) is 13.2 Å². The Morgan fingerprint density at radius 2 is 2.08 bits per heavy atom. The Morgan fingerprint density at radius 1 is 1.31 bits per heavy atom. The highest BCUT2D eigenvalue weighted by atomic mass is 19.4. The first-order chi connectivity index (χ1) is 12.2. The van der Waals surface area contributed by atoms with Crippen molar-refractivity contribution in [2.24, 2.45) is 0 Å². The predicted octanol–water partition coefficient (Wildman–Crippen LogP) is 4.41. The lowest BCUT2D eigenvalue weighted by Gasteiger charge is -2.42. The normalized spacial score (nSPS) is 23.2. The van der Waals surface area contributed by atoms with Gasteiger partial charge in [-0.2, -0.15) is 13.2 Å². The van der Waals surface area contributed by atoms with E-state index in [2.05, 4.69) is 4.98 Å². The highest BCUT2D eigenvalue weighted by molar-refractivity contribution is 5.58. The lowest BCUT2D eigenvalue weighted by atomic mass is 9.99. The number of hydrogen-bond acceptors (Lipinski definition) is 2. The molecule has 0 radical (unpaired) electrons. The minimum absolute atomic E-state index is 0.204. The maximum Gasteiger partial charge on any atom is 0.394 e. The van der Waals surface area contributed by atoms with Crippen LogP contribution in [0.1, 0.15) is 18.5 Å². The molecule has 1 aliphatic heterocycles. The Morgan fingerprint density at radius 3 is 2.69 bits per heavy atom. The van der Waals surface area contributed by atoms with Gasteiger partial charge in [0.2, 0.25) is 0 Å². The fraction of sp³-hybridized carbons (Fsp3) is 0.421. The van der Waals surface area contributed by atoms with E-state index in [4.69, 9.17) is 4.74 Å². The number of ether oxygens (including phenoxy) is 1. The molecule has 2 unspecified atom stereocenters. The fourth-order valence-electron chi connectivity index (χ4n) is 3.55. The zero-order chi connectivity index (χ0) is 18.9. The van der Waals surface area contributed by atoms with Gasteiger partial charge in [0, 0.05) is 24.8 Å². The molecule has 1 aromatic carbocycles. The van der Waals surface area contributed by atoms with Crippen molar-refractivity contribution in [3.05, 3.63) is 48.6 Å². The van der Waals surface area contributed by atoms with Gasteiger partial charge in [-0.15, -0.1) is 0 Å². The van der Waals surface area contributed by atoms with Crippen LogP contribution in [0, 0.1) is 6.92 Å². The van der Waals surface area contributed by atoms with Crippen LogP contribution in [0.3, 0.4) is 0 Å². The van der Waals surface area contributed by atoms with Crippen LogP contribution in [-0.2, 0) is 0 Å². The Hall–Kier alpha value is -2.28. The largest absolute Gasteiger partial charge is 0.494 e. The molecule has 140 valence electrons. The number of benzene rings is 1. The summed E-state index contributed by atoms with van der Waals surface area (Å²) in [6, 6.07) is 5.05. The number of nitrogens with zero attached hydrogens (tertiary/aromatic N) is 3. The second kappa shape index (κ2) is 6.79. The van der Waals surface area contributed by atoms with Crippen molar-refractivity contribution in [1.82, 2.24) is 14.0 Å². The van der Waals surface area contributed by atoms with Gasteiger partial charge < -0.3 is 9.30 Å². The van der Waals surface area contributed by atoms with Crippen molar-refractivity contribution < 1.29 is 17.9 Å². The van der Waals surface area contributed by atoms with Crippen molar-refractivity contribution in [2.45, 2.75) is 32.0 Å². The van der Waals surface area contributed by atoms with Gasteiger partial charge in [-0.25, -0.2) is 4.98 Å². The van der Waals surface area contributed by atoms with E-state index in [0.29, 0.717) is 18.7 Å². The average Bonchev–Trinajstić information content (AvgIpc) is 3.01. The molecule has 0 spiro atoms. The maximum atomic E-state index is 13.1. The molecule has 2 heterocycles. The molecule has 0 N–H and O–H groups in total. The molecule has 2 atom stereocenters. The minimum atomic E-state index is -4.19. The number of quaternary nitrogens is 1. The summed E-state index contributed by atoms with van der Waals surface area (Å²) in [5.74, 6) is 0.611. The molecule has 7 heteroatoms. The first-order valence-electron chi connectivity index (χ1n) is 8.49. The number of rotatable bonds is 4. The molecule has 4 nitrogen and oxygen atoms in total. The maximum absolute atomic E-state index is 13.1. The van der Waals surface area contributed by atoms with Gasteiger partial charge in [0.15, 0.2) is 0 Å². The topological polar surface area (TPSA) is 27.1 Å². The van der Waals surface area contributed by atoms with Gasteiger partial charge in [-0.05, 0) is 19.1 Å². The number of aromatic nitrogens is 2. The van der Waals surface area contributed by atoms with Crippen molar-refractivity contribution in [2.75, 3.05) is 20.7 Å². The minimum Gasteiger partial charge on any atom is -0.494 e. The Bertz CT molecular complexity index is 813. The summed E-state index contributed by atoms with van der Waals surface area (Å²) in [5.41, 5.74) is 2.49. The smallest absolute Gasteiger partial charge is 0.394 e. The molecule has 1 aromatic heterocycles. The number of likely N-dealkylation sites (N-methyl/N-ethyl adjacent to an activating group) is 1. The van der Waals surface area contributed by atoms with E-state index >= 15 is 0 Å². The highest BCUT2D eigenvalue weighted by Gasteiger charge is 2.43. The van der Waals surface area contributed by atoms with Gasteiger partial charge in [-0.3, -0.25) is 4.48 Å². The molecule has 0 aliphatic carbocycles. The second-order valence-corrected chi connectivity index (χ2v) is 6.91. The number of methoxy groups -OCH3 is 1. The third-order valence-electron chi connectivity index (χ3n) is 5.08. The van der Waals surface area contributed by atoms with E-state index in [1.165, 1.54) is 0 Å². The third-order valence-corrected chi connectivity index (χ3v) is 5.08. The lowest BCUT2D eigenvalue weighted by molar-refractivity contribution is -0.145. The fourth-order valence-corrected chi connectivity index (χ4v) is 3.55. The molecular weight excluding hydrogens is 343 g/mol. The lowest BCUT2D eigenvalue weighted by Crippen LogP contribution is -2.56. The van der Waals surface area contributed by atoms with E-state index in [0.717, 1.165) is 17.1 Å². The van der Waals surface area contributed by atoms with Crippen molar-refractivity contribution in [3.63, 3.8) is 0 Å². The second-order valence-electron chi connectivity index (χ2n) is 6.91. The van der Waals surface area contributed by atoms with E-state index in [-0.39, 0.29) is 4.48 Å². The summed E-state index contributed by atoms with van der Waals surface area (Å²) in [6.45, 7) is 2.42. The van der Waals surface area contributed by atoms with E-state index in [1.807, 2.05) is 55.1 Å². The van der Waals surface area contributed by atoms with Crippen LogP contribution in [0.15, 0.2) is 42.9 Å². The number of imidazole rings is 1. The Kier molecular flexibility index (Phi) is 4.84. The highest BCUT2D eigenvalue weighted by Crippen LogP contribution is 2.38. The molecular formula is C19H23F3N3O+. The SMILES string of the molecule is COc1cc([N+]2(C)CC=CCC2CC(F)(F)F)ccc1-n1cnc(C)c1. The monoisotopic (exact) mass is 366 g/mol. The summed E-state index contributed by atoms with van der Waals surface area (Å²) in [4.78, 5) is 4.22. The van der Waals surface area contributed by atoms with Crippen LogP contribution >= 0.6 is 0 Å². The predicted molar refractivity (Wildman–Crippen MR) is 95.7 cm³/mol. The summed E-state index contributed by atoms with van der Waals surface area (Å²) in [6.07, 6.45) is 2.78. The Labute approximate surface area is 151 Å². The van der Waals surface area contributed by atoms with Crippen molar-refractivity contribution in [3.8, 4) is 11.4 Å². The molecule has 26 heavy (non-hydrogen) atoms. The third kappa shape index (κ3) is 3.62.